The molecule has 6 heteroatoms. The summed E-state index contributed by atoms with van der Waals surface area (Å²) in [4.78, 5) is 20.0. The van der Waals surface area contributed by atoms with Crippen LogP contribution < -0.4 is 5.32 Å². The van der Waals surface area contributed by atoms with E-state index in [1.54, 1.807) is 0 Å². The third-order valence-corrected chi connectivity index (χ3v) is 5.45. The summed E-state index contributed by atoms with van der Waals surface area (Å²) in [6, 6.07) is 10.5. The van der Waals surface area contributed by atoms with Gasteiger partial charge in [0.05, 0.1) is 11.4 Å². The van der Waals surface area contributed by atoms with Gasteiger partial charge in [0.1, 0.15) is 0 Å². The highest BCUT2D eigenvalue weighted by Crippen LogP contribution is 2.17. The predicted molar refractivity (Wildman–Crippen MR) is 109 cm³/mol. The van der Waals surface area contributed by atoms with E-state index in [2.05, 4.69) is 40.6 Å². The first-order chi connectivity index (χ1) is 12.1. The predicted octanol–water partition coefficient (Wildman–Crippen LogP) is 3.85. The second kappa shape index (κ2) is 10.6. The van der Waals surface area contributed by atoms with Gasteiger partial charge in [0.25, 0.3) is 0 Å². The minimum absolute atomic E-state index is 0.0604. The van der Waals surface area contributed by atoms with E-state index < -0.39 is 0 Å². The van der Waals surface area contributed by atoms with Crippen LogP contribution in [0.2, 0.25) is 0 Å². The third kappa shape index (κ3) is 7.16. The first-order valence-electron chi connectivity index (χ1n) is 8.59. The van der Waals surface area contributed by atoms with Crippen molar-refractivity contribution in [3.8, 4) is 0 Å². The standard InChI is InChI=1S/C19H27N3OS2/c1-14(9-10-16-7-5-4-6-8-16)20-18(23)13-25-19-21-15(2)17(22-19)11-12-24-3/h4-8,14H,9-13H2,1-3H3,(H,20,23)(H,21,22). The molecular weight excluding hydrogens is 350 g/mol. The lowest BCUT2D eigenvalue weighted by atomic mass is 10.1. The van der Waals surface area contributed by atoms with E-state index in [4.69, 9.17) is 0 Å². The van der Waals surface area contributed by atoms with Crippen LogP contribution in [0.1, 0.15) is 30.3 Å². The van der Waals surface area contributed by atoms with Crippen molar-refractivity contribution in [1.29, 1.82) is 0 Å². The molecule has 2 aromatic rings. The summed E-state index contributed by atoms with van der Waals surface area (Å²) in [7, 11) is 0. The number of carbonyl (C=O) groups is 1. The molecule has 0 radical (unpaired) electrons. The maximum absolute atomic E-state index is 12.1. The molecule has 0 aliphatic heterocycles. The van der Waals surface area contributed by atoms with Crippen molar-refractivity contribution in [2.75, 3.05) is 17.8 Å². The van der Waals surface area contributed by atoms with Gasteiger partial charge in [-0.2, -0.15) is 11.8 Å². The van der Waals surface area contributed by atoms with Gasteiger partial charge in [-0.25, -0.2) is 4.98 Å². The first kappa shape index (κ1) is 19.9. The molecule has 4 nitrogen and oxygen atoms in total. The van der Waals surface area contributed by atoms with E-state index in [-0.39, 0.29) is 11.9 Å². The maximum atomic E-state index is 12.1. The number of H-pyrrole nitrogens is 1. The normalized spacial score (nSPS) is 12.1. The smallest absolute Gasteiger partial charge is 0.230 e. The minimum atomic E-state index is 0.0604. The first-order valence-corrected chi connectivity index (χ1v) is 11.0. The Morgan fingerprint density at radius 2 is 2.04 bits per heavy atom. The summed E-state index contributed by atoms with van der Waals surface area (Å²) in [5.41, 5.74) is 3.52. The highest BCUT2D eigenvalue weighted by Gasteiger charge is 2.11. The van der Waals surface area contributed by atoms with E-state index in [1.807, 2.05) is 36.9 Å². The molecule has 1 unspecified atom stereocenters. The van der Waals surface area contributed by atoms with Gasteiger partial charge in [-0.3, -0.25) is 4.79 Å². The van der Waals surface area contributed by atoms with Crippen molar-refractivity contribution in [3.05, 3.63) is 47.3 Å². The molecule has 1 heterocycles. The Balaban J connectivity index is 1.71. The van der Waals surface area contributed by atoms with Crippen LogP contribution in [0.15, 0.2) is 35.5 Å². The summed E-state index contributed by atoms with van der Waals surface area (Å²) >= 11 is 3.29. The number of aryl methyl sites for hydroxylation is 3. The Kier molecular flexibility index (Phi) is 8.41. The minimum Gasteiger partial charge on any atom is -0.353 e. The van der Waals surface area contributed by atoms with Crippen LogP contribution in [0.4, 0.5) is 0 Å². The van der Waals surface area contributed by atoms with Gasteiger partial charge in [-0.1, -0.05) is 42.1 Å². The fraction of sp³-hybridized carbons (Fsp3) is 0.474. The molecule has 0 aliphatic carbocycles. The topological polar surface area (TPSA) is 57.8 Å². The largest absolute Gasteiger partial charge is 0.353 e. The Labute approximate surface area is 159 Å². The quantitative estimate of drug-likeness (QED) is 0.618. The third-order valence-electron chi connectivity index (χ3n) is 3.96. The van der Waals surface area contributed by atoms with Gasteiger partial charge in [-0.15, -0.1) is 0 Å². The number of amides is 1. The summed E-state index contributed by atoms with van der Waals surface area (Å²) in [5, 5.41) is 3.91. The summed E-state index contributed by atoms with van der Waals surface area (Å²) in [6.45, 7) is 4.10. The summed E-state index contributed by atoms with van der Waals surface area (Å²) in [5.74, 6) is 1.52. The van der Waals surface area contributed by atoms with Crippen molar-refractivity contribution >= 4 is 29.4 Å². The number of carbonyl (C=O) groups excluding carboxylic acids is 1. The van der Waals surface area contributed by atoms with Crippen molar-refractivity contribution in [3.63, 3.8) is 0 Å². The van der Waals surface area contributed by atoms with Crippen LogP contribution in [0, 0.1) is 6.92 Å². The zero-order valence-corrected chi connectivity index (χ0v) is 16.8. The van der Waals surface area contributed by atoms with Gasteiger partial charge in [0.15, 0.2) is 5.16 Å². The molecule has 0 spiro atoms. The van der Waals surface area contributed by atoms with Crippen molar-refractivity contribution in [2.45, 2.75) is 44.3 Å². The van der Waals surface area contributed by atoms with E-state index in [1.165, 1.54) is 17.3 Å². The van der Waals surface area contributed by atoms with E-state index in [9.17, 15) is 4.79 Å². The maximum Gasteiger partial charge on any atom is 0.230 e. The van der Waals surface area contributed by atoms with Crippen molar-refractivity contribution < 1.29 is 4.79 Å². The van der Waals surface area contributed by atoms with Crippen LogP contribution in [-0.2, 0) is 17.6 Å². The Morgan fingerprint density at radius 3 is 2.76 bits per heavy atom. The second-order valence-electron chi connectivity index (χ2n) is 6.14. The van der Waals surface area contributed by atoms with E-state index in [0.29, 0.717) is 5.75 Å². The number of aromatic amines is 1. The molecule has 1 amide bonds. The number of rotatable bonds is 10. The number of aromatic nitrogens is 2. The van der Waals surface area contributed by atoms with Crippen molar-refractivity contribution in [2.24, 2.45) is 0 Å². The lowest BCUT2D eigenvalue weighted by molar-refractivity contribution is -0.119. The average molecular weight is 378 g/mol. The number of hydrogen-bond donors (Lipinski definition) is 2. The number of benzene rings is 1. The average Bonchev–Trinajstić information content (AvgIpc) is 2.97. The molecule has 25 heavy (non-hydrogen) atoms. The molecule has 2 rings (SSSR count). The molecule has 0 bridgehead atoms. The highest BCUT2D eigenvalue weighted by molar-refractivity contribution is 7.99. The molecule has 1 aromatic heterocycles. The van der Waals surface area contributed by atoms with Crippen LogP contribution in [0.5, 0.6) is 0 Å². The lowest BCUT2D eigenvalue weighted by Gasteiger charge is -2.13. The molecule has 136 valence electrons. The number of imidazole rings is 1. The van der Waals surface area contributed by atoms with Crippen molar-refractivity contribution in [1.82, 2.24) is 15.3 Å². The molecule has 0 aliphatic rings. The van der Waals surface area contributed by atoms with Gasteiger partial charge < -0.3 is 10.3 Å². The summed E-state index contributed by atoms with van der Waals surface area (Å²) < 4.78 is 0. The van der Waals surface area contributed by atoms with Gasteiger partial charge in [0.2, 0.25) is 5.91 Å². The zero-order chi connectivity index (χ0) is 18.1. The molecule has 1 atom stereocenters. The summed E-state index contributed by atoms with van der Waals surface area (Å²) in [6.07, 6.45) is 4.98. The van der Waals surface area contributed by atoms with Gasteiger partial charge in [-0.05, 0) is 44.3 Å². The highest BCUT2D eigenvalue weighted by atomic mass is 32.2. The molecule has 0 fully saturated rings. The van der Waals surface area contributed by atoms with Gasteiger partial charge in [0, 0.05) is 18.2 Å². The van der Waals surface area contributed by atoms with Crippen LogP contribution in [0.3, 0.4) is 0 Å². The Hall–Kier alpha value is -1.40. The number of hydrogen-bond acceptors (Lipinski definition) is 4. The number of thioether (sulfide) groups is 2. The fourth-order valence-corrected chi connectivity index (χ4v) is 3.68. The molecule has 0 saturated heterocycles. The van der Waals surface area contributed by atoms with Crippen LogP contribution in [-0.4, -0.2) is 39.7 Å². The molecule has 0 saturated carbocycles. The van der Waals surface area contributed by atoms with Gasteiger partial charge >= 0.3 is 0 Å². The van der Waals surface area contributed by atoms with Crippen LogP contribution in [0.25, 0.3) is 0 Å². The zero-order valence-electron chi connectivity index (χ0n) is 15.2. The lowest BCUT2D eigenvalue weighted by Crippen LogP contribution is -2.34. The van der Waals surface area contributed by atoms with E-state index in [0.717, 1.165) is 41.6 Å². The monoisotopic (exact) mass is 377 g/mol. The fourth-order valence-electron chi connectivity index (χ4n) is 2.53. The second-order valence-corrected chi connectivity index (χ2v) is 8.09. The van der Waals surface area contributed by atoms with E-state index >= 15 is 0 Å². The molecular formula is C19H27N3OS2. The molecule has 1 aromatic carbocycles. The van der Waals surface area contributed by atoms with Crippen LogP contribution >= 0.6 is 23.5 Å². The Bertz CT molecular complexity index is 658. The molecule has 2 N–H and O–H groups in total. The number of nitrogens with zero attached hydrogens (tertiary/aromatic N) is 1. The number of nitrogens with one attached hydrogen (secondary N) is 2. The Morgan fingerprint density at radius 1 is 1.28 bits per heavy atom. The SMILES string of the molecule is CSCCc1nc(SCC(=O)NC(C)CCc2ccccc2)[nH]c1C.